The Morgan fingerprint density at radius 3 is 2.55 bits per heavy atom. The number of ether oxygens (including phenoxy) is 2. The van der Waals surface area contributed by atoms with Crippen molar-refractivity contribution >= 4 is 17.8 Å². The number of benzene rings is 1. The van der Waals surface area contributed by atoms with Gasteiger partial charge in [0.2, 0.25) is 0 Å². The third kappa shape index (κ3) is 6.58. The van der Waals surface area contributed by atoms with Gasteiger partial charge in [-0.2, -0.15) is 5.26 Å². The fraction of sp³-hybridized carbons (Fsp3) is 0.400. The first kappa shape index (κ1) is 23.9. The van der Waals surface area contributed by atoms with Crippen LogP contribution >= 0.6 is 0 Å². The van der Waals surface area contributed by atoms with Crippen molar-refractivity contribution in [1.82, 2.24) is 4.57 Å². The summed E-state index contributed by atoms with van der Waals surface area (Å²) in [5.41, 5.74) is 3.35. The molecule has 0 aliphatic heterocycles. The molecule has 0 atom stereocenters. The second-order valence-electron chi connectivity index (χ2n) is 7.87. The number of rotatable bonds is 10. The number of esters is 1. The number of Topliss-reactive ketones (excluding diaryl/α,β-unsaturated/α-hetero) is 1. The Morgan fingerprint density at radius 2 is 1.90 bits per heavy atom. The molecule has 0 aliphatic rings. The first-order valence-electron chi connectivity index (χ1n) is 10.4. The molecule has 0 amide bonds. The number of aromatic nitrogens is 1. The van der Waals surface area contributed by atoms with E-state index < -0.39 is 5.97 Å². The molecule has 31 heavy (non-hydrogen) atoms. The highest BCUT2D eigenvalue weighted by Crippen LogP contribution is 2.20. The van der Waals surface area contributed by atoms with Gasteiger partial charge in [-0.15, -0.1) is 0 Å². The fourth-order valence-electron chi connectivity index (χ4n) is 3.24. The minimum Gasteiger partial charge on any atom is -0.489 e. The zero-order chi connectivity index (χ0) is 23.0. The molecular weight excluding hydrogens is 392 g/mol. The maximum Gasteiger partial charge on any atom is 0.349 e. The van der Waals surface area contributed by atoms with Gasteiger partial charge in [-0.05, 0) is 62.9 Å². The minimum atomic E-state index is -0.696. The quantitative estimate of drug-likeness (QED) is 0.179. The minimum absolute atomic E-state index is 0.0303. The number of para-hydroxylation sites is 1. The lowest BCUT2D eigenvalue weighted by molar-refractivity contribution is -0.139. The molecule has 1 aromatic carbocycles. The van der Waals surface area contributed by atoms with Crippen LogP contribution in [0.4, 0.5) is 0 Å². The number of nitrogens with zero attached hydrogens (tertiary/aromatic N) is 2. The van der Waals surface area contributed by atoms with Crippen molar-refractivity contribution in [3.8, 4) is 11.8 Å². The molecule has 2 aromatic rings. The number of carbonyl (C=O) groups is 2. The maximum absolute atomic E-state index is 12.4. The summed E-state index contributed by atoms with van der Waals surface area (Å²) in [7, 11) is 0. The van der Waals surface area contributed by atoms with E-state index in [-0.39, 0.29) is 24.6 Å². The zero-order valence-corrected chi connectivity index (χ0v) is 18.9. The number of carbonyl (C=O) groups excluding carboxylic acids is 2. The van der Waals surface area contributed by atoms with Crippen molar-refractivity contribution in [1.29, 1.82) is 5.26 Å². The van der Waals surface area contributed by atoms with Gasteiger partial charge in [-0.25, -0.2) is 4.79 Å². The molecule has 0 saturated carbocycles. The van der Waals surface area contributed by atoms with Crippen molar-refractivity contribution in [2.75, 3.05) is 13.2 Å². The van der Waals surface area contributed by atoms with Crippen LogP contribution in [0.25, 0.3) is 6.08 Å². The van der Waals surface area contributed by atoms with E-state index in [1.807, 2.05) is 26.0 Å². The molecule has 0 fully saturated rings. The summed E-state index contributed by atoms with van der Waals surface area (Å²) in [6, 6.07) is 10.8. The molecule has 1 aromatic heterocycles. The Morgan fingerprint density at radius 1 is 1.19 bits per heavy atom. The average molecular weight is 423 g/mol. The van der Waals surface area contributed by atoms with E-state index in [2.05, 4.69) is 18.4 Å². The van der Waals surface area contributed by atoms with Crippen LogP contribution in [0.2, 0.25) is 0 Å². The smallest absolute Gasteiger partial charge is 0.349 e. The van der Waals surface area contributed by atoms with E-state index in [0.29, 0.717) is 17.2 Å². The second kappa shape index (κ2) is 11.2. The van der Waals surface area contributed by atoms with E-state index in [0.717, 1.165) is 29.9 Å². The van der Waals surface area contributed by atoms with Gasteiger partial charge in [0, 0.05) is 17.9 Å². The average Bonchev–Trinajstić information content (AvgIpc) is 3.00. The lowest BCUT2D eigenvalue weighted by atomic mass is 10.1. The predicted octanol–water partition coefficient (Wildman–Crippen LogP) is 4.88. The fourth-order valence-corrected chi connectivity index (χ4v) is 3.24. The Balaban J connectivity index is 2.00. The lowest BCUT2D eigenvalue weighted by Gasteiger charge is -2.11. The van der Waals surface area contributed by atoms with Crippen molar-refractivity contribution in [3.05, 3.63) is 58.4 Å². The normalized spacial score (nSPS) is 11.3. The third-order valence-corrected chi connectivity index (χ3v) is 5.02. The lowest BCUT2D eigenvalue weighted by Crippen LogP contribution is -2.14. The monoisotopic (exact) mass is 422 g/mol. The summed E-state index contributed by atoms with van der Waals surface area (Å²) < 4.78 is 13.0. The molecule has 0 bridgehead atoms. The van der Waals surface area contributed by atoms with Gasteiger partial charge in [-0.3, -0.25) is 4.79 Å². The summed E-state index contributed by atoms with van der Waals surface area (Å²) in [5.74, 6) is 0.233. The van der Waals surface area contributed by atoms with Crippen molar-refractivity contribution in [2.24, 2.45) is 5.92 Å². The number of hydrogen-bond acceptors (Lipinski definition) is 5. The Bertz CT molecular complexity index is 1010. The highest BCUT2D eigenvalue weighted by molar-refractivity contribution is 5.98. The molecular formula is C25H30N2O4. The Kier molecular flexibility index (Phi) is 8.63. The molecule has 0 unspecified atom stereocenters. The highest BCUT2D eigenvalue weighted by atomic mass is 16.6. The molecule has 0 radical (unpaired) electrons. The Hall–Kier alpha value is -3.33. The standard InChI is InChI=1S/C25H30N2O4/c1-17(2)10-11-27-18(3)14-21(19(27)4)15-22(16-26)25(29)31-13-12-30-24-9-7-6-8-23(24)20(5)28/h6-9,14-15,17H,10-13H2,1-5H3/b22-15+. The summed E-state index contributed by atoms with van der Waals surface area (Å²) in [4.78, 5) is 24.0. The SMILES string of the molecule is CC(=O)c1ccccc1OCCOC(=O)/C(C#N)=C/c1cc(C)n(CCC(C)C)c1C. The highest BCUT2D eigenvalue weighted by Gasteiger charge is 2.15. The number of hydrogen-bond donors (Lipinski definition) is 0. The molecule has 1 heterocycles. The predicted molar refractivity (Wildman–Crippen MR) is 120 cm³/mol. The van der Waals surface area contributed by atoms with Crippen LogP contribution in [0, 0.1) is 31.1 Å². The first-order chi connectivity index (χ1) is 14.7. The molecule has 0 N–H and O–H groups in total. The van der Waals surface area contributed by atoms with Crippen molar-refractivity contribution < 1.29 is 19.1 Å². The van der Waals surface area contributed by atoms with Gasteiger partial charge >= 0.3 is 5.97 Å². The van der Waals surface area contributed by atoms with Gasteiger partial charge in [0.1, 0.15) is 30.6 Å². The molecule has 0 spiro atoms. The summed E-state index contributed by atoms with van der Waals surface area (Å²) in [6.45, 7) is 10.8. The molecule has 2 rings (SSSR count). The number of aryl methyl sites for hydroxylation is 1. The molecule has 0 saturated heterocycles. The second-order valence-corrected chi connectivity index (χ2v) is 7.87. The largest absolute Gasteiger partial charge is 0.489 e. The van der Waals surface area contributed by atoms with E-state index >= 15 is 0 Å². The van der Waals surface area contributed by atoms with Crippen LogP contribution in [-0.2, 0) is 16.1 Å². The maximum atomic E-state index is 12.4. The van der Waals surface area contributed by atoms with Crippen LogP contribution in [-0.4, -0.2) is 29.5 Å². The Labute approximate surface area is 184 Å². The van der Waals surface area contributed by atoms with Gasteiger partial charge in [0.25, 0.3) is 0 Å². The van der Waals surface area contributed by atoms with Crippen LogP contribution in [0.3, 0.4) is 0 Å². The number of nitriles is 1. The molecule has 6 heteroatoms. The van der Waals surface area contributed by atoms with Crippen LogP contribution in [0.5, 0.6) is 5.75 Å². The van der Waals surface area contributed by atoms with Gasteiger partial charge < -0.3 is 14.0 Å². The van der Waals surface area contributed by atoms with Gasteiger partial charge in [-0.1, -0.05) is 26.0 Å². The number of ketones is 1. The van der Waals surface area contributed by atoms with Crippen LogP contribution < -0.4 is 4.74 Å². The molecule has 6 nitrogen and oxygen atoms in total. The van der Waals surface area contributed by atoms with E-state index in [1.54, 1.807) is 30.3 Å². The van der Waals surface area contributed by atoms with Gasteiger partial charge in [0.05, 0.1) is 5.56 Å². The summed E-state index contributed by atoms with van der Waals surface area (Å²) >= 11 is 0. The summed E-state index contributed by atoms with van der Waals surface area (Å²) in [5, 5.41) is 9.44. The zero-order valence-electron chi connectivity index (χ0n) is 18.9. The van der Waals surface area contributed by atoms with Crippen LogP contribution in [0.1, 0.15) is 54.5 Å². The topological polar surface area (TPSA) is 81.3 Å². The van der Waals surface area contributed by atoms with Gasteiger partial charge in [0.15, 0.2) is 5.78 Å². The van der Waals surface area contributed by atoms with Crippen LogP contribution in [0.15, 0.2) is 35.9 Å². The van der Waals surface area contributed by atoms with E-state index in [9.17, 15) is 14.9 Å². The molecule has 0 aliphatic carbocycles. The first-order valence-corrected chi connectivity index (χ1v) is 10.4. The molecule has 164 valence electrons. The summed E-state index contributed by atoms with van der Waals surface area (Å²) in [6.07, 6.45) is 2.63. The van der Waals surface area contributed by atoms with E-state index in [4.69, 9.17) is 9.47 Å². The van der Waals surface area contributed by atoms with E-state index in [1.165, 1.54) is 6.92 Å². The third-order valence-electron chi connectivity index (χ3n) is 5.02. The van der Waals surface area contributed by atoms with Crippen molar-refractivity contribution in [2.45, 2.75) is 47.6 Å². The van der Waals surface area contributed by atoms with Crippen molar-refractivity contribution in [3.63, 3.8) is 0 Å².